The number of para-hydroxylation sites is 1. The molecular weight excluding hydrogens is 382 g/mol. The van der Waals surface area contributed by atoms with Crippen LogP contribution in [0.3, 0.4) is 0 Å². The summed E-state index contributed by atoms with van der Waals surface area (Å²) in [7, 11) is 1.35. The van der Waals surface area contributed by atoms with Gasteiger partial charge in [0, 0.05) is 13.0 Å². The zero-order valence-corrected chi connectivity index (χ0v) is 15.6. The van der Waals surface area contributed by atoms with Gasteiger partial charge in [-0.2, -0.15) is 10.1 Å². The zero-order valence-electron chi connectivity index (χ0n) is 15.6. The number of amidine groups is 1. The Morgan fingerprint density at radius 2 is 1.93 bits per heavy atom. The molecular formula is C18H15N5O6. The minimum absolute atomic E-state index is 0.0224. The number of rotatable bonds is 3. The molecule has 0 saturated heterocycles. The quantitative estimate of drug-likeness (QED) is 0.331. The molecule has 0 saturated carbocycles. The van der Waals surface area contributed by atoms with Crippen LogP contribution in [-0.2, 0) is 19.1 Å². The number of ether oxygens (including phenoxy) is 2. The molecule has 0 radical (unpaired) electrons. The van der Waals surface area contributed by atoms with Gasteiger partial charge in [0.05, 0.1) is 23.4 Å². The van der Waals surface area contributed by atoms with Gasteiger partial charge in [0.2, 0.25) is 11.8 Å². The third kappa shape index (κ3) is 3.93. The van der Waals surface area contributed by atoms with Gasteiger partial charge in [0.1, 0.15) is 5.56 Å². The van der Waals surface area contributed by atoms with E-state index in [1.54, 1.807) is 13.0 Å². The largest absolute Gasteiger partial charge is 0.467 e. The number of hydrazone groups is 1. The van der Waals surface area contributed by atoms with Crippen molar-refractivity contribution in [3.8, 4) is 0 Å². The molecule has 29 heavy (non-hydrogen) atoms. The summed E-state index contributed by atoms with van der Waals surface area (Å²) in [6, 6.07) is 5.78. The van der Waals surface area contributed by atoms with Gasteiger partial charge >= 0.3 is 12.0 Å². The van der Waals surface area contributed by atoms with E-state index in [0.29, 0.717) is 11.4 Å². The van der Waals surface area contributed by atoms with E-state index in [9.17, 15) is 19.7 Å². The first-order valence-corrected chi connectivity index (χ1v) is 8.27. The average Bonchev–Trinajstić information content (AvgIpc) is 3.07. The number of nitro benzene ring substituents is 1. The number of hydrogen-bond acceptors (Lipinski definition) is 9. The number of nitrogens with zero attached hydrogens (tertiary/aromatic N) is 5. The molecule has 11 heteroatoms. The topological polar surface area (TPSA) is 136 Å². The first-order valence-electron chi connectivity index (χ1n) is 8.27. The summed E-state index contributed by atoms with van der Waals surface area (Å²) < 4.78 is 10.1. The van der Waals surface area contributed by atoms with E-state index in [4.69, 9.17) is 9.47 Å². The monoisotopic (exact) mass is 397 g/mol. The fourth-order valence-electron chi connectivity index (χ4n) is 2.48. The Morgan fingerprint density at radius 1 is 1.24 bits per heavy atom. The van der Waals surface area contributed by atoms with E-state index in [0.717, 1.165) is 5.01 Å². The molecule has 0 aromatic heterocycles. The van der Waals surface area contributed by atoms with E-state index < -0.39 is 10.9 Å². The number of aliphatic imine (C=N–C) groups is 2. The highest BCUT2D eigenvalue weighted by molar-refractivity contribution is 6.13. The number of carbonyl (C=O) groups excluding carboxylic acids is 2. The number of hydrogen-bond donors (Lipinski definition) is 0. The lowest BCUT2D eigenvalue weighted by Gasteiger charge is -2.21. The molecule has 3 rings (SSSR count). The van der Waals surface area contributed by atoms with Gasteiger partial charge in [0.15, 0.2) is 5.70 Å². The van der Waals surface area contributed by atoms with Crippen molar-refractivity contribution in [3.05, 3.63) is 63.5 Å². The Kier molecular flexibility index (Phi) is 5.30. The molecule has 2 heterocycles. The van der Waals surface area contributed by atoms with Gasteiger partial charge in [-0.1, -0.05) is 12.1 Å². The second kappa shape index (κ2) is 7.84. The highest BCUT2D eigenvalue weighted by atomic mass is 16.6. The van der Waals surface area contributed by atoms with Crippen molar-refractivity contribution >= 4 is 35.2 Å². The van der Waals surface area contributed by atoms with Crippen molar-refractivity contribution in [1.82, 2.24) is 5.01 Å². The fraction of sp³-hybridized carbons (Fsp3) is 0.167. The van der Waals surface area contributed by atoms with Crippen molar-refractivity contribution in [1.29, 1.82) is 0 Å². The van der Waals surface area contributed by atoms with Crippen molar-refractivity contribution < 1.29 is 24.0 Å². The van der Waals surface area contributed by atoms with Crippen LogP contribution in [0.15, 0.2) is 62.9 Å². The van der Waals surface area contributed by atoms with Crippen molar-refractivity contribution in [3.63, 3.8) is 0 Å². The van der Waals surface area contributed by atoms with E-state index in [-0.39, 0.29) is 34.8 Å². The summed E-state index contributed by atoms with van der Waals surface area (Å²) in [5.74, 6) is -1.30. The first-order chi connectivity index (χ1) is 13.8. The van der Waals surface area contributed by atoms with Gasteiger partial charge in [-0.25, -0.2) is 9.79 Å². The molecule has 0 aliphatic carbocycles. The van der Waals surface area contributed by atoms with E-state index in [1.807, 2.05) is 0 Å². The second-order valence-corrected chi connectivity index (χ2v) is 5.80. The van der Waals surface area contributed by atoms with E-state index in [2.05, 4.69) is 15.1 Å². The highest BCUT2D eigenvalue weighted by Gasteiger charge is 2.29. The lowest BCUT2D eigenvalue weighted by Crippen LogP contribution is -2.35. The fourth-order valence-corrected chi connectivity index (χ4v) is 2.48. The average molecular weight is 397 g/mol. The van der Waals surface area contributed by atoms with Gasteiger partial charge in [-0.15, -0.1) is 5.01 Å². The van der Waals surface area contributed by atoms with Crippen molar-refractivity contribution in [2.45, 2.75) is 13.8 Å². The number of esters is 1. The van der Waals surface area contributed by atoms with Crippen LogP contribution in [0.2, 0.25) is 0 Å². The van der Waals surface area contributed by atoms with Crippen molar-refractivity contribution in [2.75, 3.05) is 7.11 Å². The number of amides is 1. The Bertz CT molecular complexity index is 1070. The Hall–Kier alpha value is -4.15. The highest BCUT2D eigenvalue weighted by Crippen LogP contribution is 2.24. The van der Waals surface area contributed by atoms with E-state index in [1.165, 1.54) is 44.4 Å². The molecule has 0 atom stereocenters. The number of nitro groups is 1. The second-order valence-electron chi connectivity index (χ2n) is 5.80. The zero-order chi connectivity index (χ0) is 21.1. The summed E-state index contributed by atoms with van der Waals surface area (Å²) in [5, 5.41) is 16.3. The molecule has 1 amide bonds. The SMILES string of the molecule is COC1=N/C(=C\C=C2/N=C(c3ccccc3[N+](=O)[O-])OC2=O)C(C)=NN1C(C)=O. The molecule has 0 spiro atoms. The summed E-state index contributed by atoms with van der Waals surface area (Å²) in [6.07, 6.45) is 2.80. The molecule has 2 aliphatic heterocycles. The van der Waals surface area contributed by atoms with Crippen LogP contribution < -0.4 is 0 Å². The lowest BCUT2D eigenvalue weighted by atomic mass is 10.2. The van der Waals surface area contributed by atoms with E-state index >= 15 is 0 Å². The maximum absolute atomic E-state index is 12.1. The maximum atomic E-state index is 12.1. The number of methoxy groups -OCH3 is 1. The number of allylic oxidation sites excluding steroid dienone is 3. The number of carbonyl (C=O) groups is 2. The molecule has 148 valence electrons. The molecule has 11 nitrogen and oxygen atoms in total. The van der Waals surface area contributed by atoms with Gasteiger partial charge < -0.3 is 9.47 Å². The Morgan fingerprint density at radius 3 is 2.59 bits per heavy atom. The summed E-state index contributed by atoms with van der Waals surface area (Å²) >= 11 is 0. The van der Waals surface area contributed by atoms with Crippen LogP contribution in [0.4, 0.5) is 5.69 Å². The predicted octanol–water partition coefficient (Wildman–Crippen LogP) is 1.91. The Balaban J connectivity index is 1.95. The van der Waals surface area contributed by atoms with Gasteiger partial charge in [-0.3, -0.25) is 14.9 Å². The van der Waals surface area contributed by atoms with Crippen LogP contribution in [0.1, 0.15) is 19.4 Å². The molecule has 1 aromatic rings. The molecule has 1 aromatic carbocycles. The van der Waals surface area contributed by atoms with Crippen molar-refractivity contribution in [2.24, 2.45) is 15.1 Å². The minimum Gasteiger partial charge on any atom is -0.467 e. The first kappa shape index (κ1) is 19.6. The minimum atomic E-state index is -0.762. The summed E-state index contributed by atoms with van der Waals surface area (Å²) in [5.41, 5.74) is 0.546. The lowest BCUT2D eigenvalue weighted by molar-refractivity contribution is -0.385. The Labute approximate surface area is 164 Å². The molecule has 0 fully saturated rings. The predicted molar refractivity (Wildman–Crippen MR) is 102 cm³/mol. The summed E-state index contributed by atoms with van der Waals surface area (Å²) in [6.45, 7) is 2.95. The van der Waals surface area contributed by atoms with Crippen LogP contribution in [0.25, 0.3) is 0 Å². The molecule has 0 unspecified atom stereocenters. The third-order valence-corrected chi connectivity index (χ3v) is 3.85. The van der Waals surface area contributed by atoms with Gasteiger partial charge in [-0.05, 0) is 25.1 Å². The van der Waals surface area contributed by atoms with Crippen LogP contribution >= 0.6 is 0 Å². The molecule has 0 bridgehead atoms. The number of cyclic esters (lactones) is 1. The van der Waals surface area contributed by atoms with Crippen LogP contribution in [0, 0.1) is 10.1 Å². The number of benzene rings is 1. The molecule has 0 N–H and O–H groups in total. The normalized spacial score (nSPS) is 18.9. The molecule has 2 aliphatic rings. The van der Waals surface area contributed by atoms with Crippen LogP contribution in [-0.4, -0.2) is 46.5 Å². The third-order valence-electron chi connectivity index (χ3n) is 3.85. The summed E-state index contributed by atoms with van der Waals surface area (Å²) in [4.78, 5) is 42.5. The van der Waals surface area contributed by atoms with Crippen LogP contribution in [0.5, 0.6) is 0 Å². The standard InChI is InChI=1S/C18H15N5O6/c1-10-13(20-18(28-3)22(21-10)11(2)24)8-9-14-17(25)29-16(19-14)12-6-4-5-7-15(12)23(26)27/h4-9H,1-3H3/b13-8-,14-9-. The van der Waals surface area contributed by atoms with Gasteiger partial charge in [0.25, 0.3) is 5.69 Å². The maximum Gasteiger partial charge on any atom is 0.363 e. The smallest absolute Gasteiger partial charge is 0.363 e.